The van der Waals surface area contributed by atoms with E-state index in [0.29, 0.717) is 12.4 Å². The molecule has 0 amide bonds. The van der Waals surface area contributed by atoms with Crippen molar-refractivity contribution in [2.24, 2.45) is 0 Å². The van der Waals surface area contributed by atoms with Crippen molar-refractivity contribution in [3.8, 4) is 0 Å². The van der Waals surface area contributed by atoms with E-state index in [9.17, 15) is 9.59 Å². The summed E-state index contributed by atoms with van der Waals surface area (Å²) in [5.41, 5.74) is -0.711. The lowest BCUT2D eigenvalue weighted by Crippen LogP contribution is -2.17. The van der Waals surface area contributed by atoms with Crippen LogP contribution in [-0.2, 0) is 4.74 Å². The maximum atomic E-state index is 11.2. The molecule has 6 heteroatoms. The summed E-state index contributed by atoms with van der Waals surface area (Å²) in [5.74, 6) is -0.905. The Bertz CT molecular complexity index is 434. The summed E-state index contributed by atoms with van der Waals surface area (Å²) in [7, 11) is 0. The van der Waals surface area contributed by atoms with Gasteiger partial charge in [-0.1, -0.05) is 0 Å². The smallest absolute Gasteiger partial charge is 0.354 e. The third-order valence-corrected chi connectivity index (χ3v) is 2.21. The van der Waals surface area contributed by atoms with Gasteiger partial charge in [0.1, 0.15) is 11.9 Å². The summed E-state index contributed by atoms with van der Waals surface area (Å²) in [6, 6.07) is 0.959. The van der Waals surface area contributed by atoms with Crippen molar-refractivity contribution in [3.63, 3.8) is 0 Å². The Hall–Kier alpha value is -1.69. The fourth-order valence-corrected chi connectivity index (χ4v) is 1.53. The van der Waals surface area contributed by atoms with E-state index in [1.165, 1.54) is 0 Å². The Balaban J connectivity index is 2.38. The molecule has 0 aromatic carbocycles. The molecular weight excluding hydrogens is 200 g/mol. The number of carboxylic acid groups (broad SMARTS) is 1. The van der Waals surface area contributed by atoms with E-state index in [-0.39, 0.29) is 11.8 Å². The second kappa shape index (κ2) is 3.82. The molecule has 2 rings (SSSR count). The van der Waals surface area contributed by atoms with Crippen LogP contribution in [-0.4, -0.2) is 27.7 Å². The first kappa shape index (κ1) is 9.85. The standard InChI is InChI=1S/C9H10N2O4/c12-7-4-5(9(13)14)10-8(11-7)6-2-1-3-15-6/h4,6H,1-3H2,(H,13,14)(H,10,11,12). The van der Waals surface area contributed by atoms with Crippen LogP contribution < -0.4 is 5.56 Å². The molecule has 0 spiro atoms. The third kappa shape index (κ3) is 2.04. The van der Waals surface area contributed by atoms with Crippen LogP contribution >= 0.6 is 0 Å². The number of hydrogen-bond donors (Lipinski definition) is 2. The van der Waals surface area contributed by atoms with Gasteiger partial charge < -0.3 is 14.8 Å². The molecule has 1 atom stereocenters. The predicted molar refractivity (Wildman–Crippen MR) is 49.7 cm³/mol. The van der Waals surface area contributed by atoms with E-state index < -0.39 is 11.5 Å². The van der Waals surface area contributed by atoms with Crippen molar-refractivity contribution in [3.05, 3.63) is 27.9 Å². The number of hydrogen-bond acceptors (Lipinski definition) is 4. The first-order valence-corrected chi connectivity index (χ1v) is 4.63. The van der Waals surface area contributed by atoms with Crippen LogP contribution in [0.1, 0.15) is 35.3 Å². The molecule has 15 heavy (non-hydrogen) atoms. The summed E-state index contributed by atoms with van der Waals surface area (Å²) in [6.45, 7) is 0.617. The number of aromatic carboxylic acids is 1. The average molecular weight is 210 g/mol. The summed E-state index contributed by atoms with van der Waals surface area (Å²) < 4.78 is 5.30. The number of nitrogens with one attached hydrogen (secondary N) is 1. The van der Waals surface area contributed by atoms with E-state index >= 15 is 0 Å². The predicted octanol–water partition coefficient (Wildman–Crippen LogP) is 0.320. The maximum absolute atomic E-state index is 11.2. The Labute approximate surface area is 84.9 Å². The lowest BCUT2D eigenvalue weighted by atomic mass is 10.2. The van der Waals surface area contributed by atoms with Crippen LogP contribution in [0.5, 0.6) is 0 Å². The van der Waals surface area contributed by atoms with Gasteiger partial charge in [0.2, 0.25) is 0 Å². The average Bonchev–Trinajstić information content (AvgIpc) is 2.69. The second-order valence-corrected chi connectivity index (χ2v) is 3.32. The molecule has 1 fully saturated rings. The van der Waals surface area contributed by atoms with Gasteiger partial charge in [0.15, 0.2) is 5.69 Å². The molecule has 1 aliphatic rings. The van der Waals surface area contributed by atoms with Gasteiger partial charge in [-0.15, -0.1) is 0 Å². The normalized spacial score (nSPS) is 20.4. The largest absolute Gasteiger partial charge is 0.477 e. The van der Waals surface area contributed by atoms with Crippen LogP contribution in [0.25, 0.3) is 0 Å². The van der Waals surface area contributed by atoms with E-state index in [2.05, 4.69) is 9.97 Å². The molecule has 1 unspecified atom stereocenters. The van der Waals surface area contributed by atoms with E-state index in [4.69, 9.17) is 9.84 Å². The Morgan fingerprint density at radius 1 is 1.67 bits per heavy atom. The number of nitrogens with zero attached hydrogens (tertiary/aromatic N) is 1. The van der Waals surface area contributed by atoms with E-state index in [1.807, 2.05) is 0 Å². The monoisotopic (exact) mass is 210 g/mol. The first-order chi connectivity index (χ1) is 7.16. The minimum atomic E-state index is -1.21. The number of H-pyrrole nitrogens is 1. The molecule has 0 radical (unpaired) electrons. The van der Waals surface area contributed by atoms with Crippen LogP contribution in [0.15, 0.2) is 10.9 Å². The second-order valence-electron chi connectivity index (χ2n) is 3.32. The maximum Gasteiger partial charge on any atom is 0.354 e. The molecule has 2 heterocycles. The first-order valence-electron chi connectivity index (χ1n) is 4.63. The highest BCUT2D eigenvalue weighted by atomic mass is 16.5. The topological polar surface area (TPSA) is 92.3 Å². The molecule has 1 saturated heterocycles. The number of carbonyl (C=O) groups is 1. The van der Waals surface area contributed by atoms with Crippen molar-refractivity contribution < 1.29 is 14.6 Å². The van der Waals surface area contributed by atoms with E-state index in [0.717, 1.165) is 18.9 Å². The Kier molecular flexibility index (Phi) is 2.51. The van der Waals surface area contributed by atoms with Crippen molar-refractivity contribution in [1.82, 2.24) is 9.97 Å². The SMILES string of the molecule is O=C(O)c1cc(=O)[nH]c(C2CCCO2)n1. The van der Waals surface area contributed by atoms with Crippen LogP contribution in [0.4, 0.5) is 0 Å². The van der Waals surface area contributed by atoms with Crippen LogP contribution in [0.3, 0.4) is 0 Å². The zero-order chi connectivity index (χ0) is 10.8. The molecule has 80 valence electrons. The molecular formula is C9H10N2O4. The lowest BCUT2D eigenvalue weighted by Gasteiger charge is -2.07. The van der Waals surface area contributed by atoms with Gasteiger partial charge in [-0.2, -0.15) is 0 Å². The molecule has 0 aliphatic carbocycles. The van der Waals surface area contributed by atoms with Crippen LogP contribution in [0.2, 0.25) is 0 Å². The zero-order valence-corrected chi connectivity index (χ0v) is 7.90. The highest BCUT2D eigenvalue weighted by Crippen LogP contribution is 2.24. The summed E-state index contributed by atoms with van der Waals surface area (Å²) in [5, 5.41) is 8.72. The molecule has 0 saturated carbocycles. The molecule has 0 bridgehead atoms. The van der Waals surface area contributed by atoms with Gasteiger partial charge in [0.05, 0.1) is 0 Å². The number of carboxylic acids is 1. The molecule has 6 nitrogen and oxygen atoms in total. The van der Waals surface area contributed by atoms with Crippen molar-refractivity contribution in [2.45, 2.75) is 18.9 Å². The Morgan fingerprint density at radius 3 is 3.07 bits per heavy atom. The fourth-order valence-electron chi connectivity index (χ4n) is 1.53. The molecule has 1 aromatic heterocycles. The van der Waals surface area contributed by atoms with Crippen molar-refractivity contribution >= 4 is 5.97 Å². The Morgan fingerprint density at radius 2 is 2.47 bits per heavy atom. The van der Waals surface area contributed by atoms with Crippen molar-refractivity contribution in [2.75, 3.05) is 6.61 Å². The summed E-state index contributed by atoms with van der Waals surface area (Å²) >= 11 is 0. The van der Waals surface area contributed by atoms with Gasteiger partial charge in [0, 0.05) is 12.7 Å². The minimum Gasteiger partial charge on any atom is -0.477 e. The van der Waals surface area contributed by atoms with Gasteiger partial charge in [0.25, 0.3) is 5.56 Å². The highest BCUT2D eigenvalue weighted by molar-refractivity contribution is 5.85. The number of aromatic nitrogens is 2. The van der Waals surface area contributed by atoms with Gasteiger partial charge in [-0.3, -0.25) is 4.79 Å². The zero-order valence-electron chi connectivity index (χ0n) is 7.90. The summed E-state index contributed by atoms with van der Waals surface area (Å²) in [6.07, 6.45) is 1.37. The van der Waals surface area contributed by atoms with Gasteiger partial charge in [-0.05, 0) is 12.8 Å². The van der Waals surface area contributed by atoms with Gasteiger partial charge >= 0.3 is 5.97 Å². The number of aromatic amines is 1. The lowest BCUT2D eigenvalue weighted by molar-refractivity contribution is 0.0686. The quantitative estimate of drug-likeness (QED) is 0.733. The number of ether oxygens (including phenoxy) is 1. The van der Waals surface area contributed by atoms with Gasteiger partial charge in [-0.25, -0.2) is 9.78 Å². The molecule has 1 aromatic rings. The fraction of sp³-hybridized carbons (Fsp3) is 0.444. The minimum absolute atomic E-state index is 0.246. The van der Waals surface area contributed by atoms with Crippen molar-refractivity contribution in [1.29, 1.82) is 0 Å². The molecule has 1 aliphatic heterocycles. The summed E-state index contributed by atoms with van der Waals surface area (Å²) in [4.78, 5) is 28.1. The van der Waals surface area contributed by atoms with E-state index in [1.54, 1.807) is 0 Å². The number of rotatable bonds is 2. The highest BCUT2D eigenvalue weighted by Gasteiger charge is 2.21. The van der Waals surface area contributed by atoms with Crippen LogP contribution in [0, 0.1) is 0 Å². The molecule has 2 N–H and O–H groups in total. The third-order valence-electron chi connectivity index (χ3n) is 2.21.